The number of aromatic nitrogens is 1. The molecule has 2 unspecified atom stereocenters. The van der Waals surface area contributed by atoms with Crippen LogP contribution >= 0.6 is 0 Å². The molecule has 0 aromatic carbocycles. The summed E-state index contributed by atoms with van der Waals surface area (Å²) in [6.07, 6.45) is 13.1. The number of allylic oxidation sites excluding steroid dienone is 4. The van der Waals surface area contributed by atoms with Crippen molar-refractivity contribution in [3.8, 4) is 0 Å². The molecule has 2 fully saturated rings. The van der Waals surface area contributed by atoms with Crippen LogP contribution in [0.15, 0.2) is 22.6 Å². The van der Waals surface area contributed by atoms with Crippen LogP contribution in [0.5, 0.6) is 0 Å². The number of oxazole rings is 1. The maximum absolute atomic E-state index is 12.1. The van der Waals surface area contributed by atoms with Gasteiger partial charge in [0, 0.05) is 5.57 Å². The van der Waals surface area contributed by atoms with Gasteiger partial charge in [-0.25, -0.2) is 4.98 Å². The molecule has 0 aliphatic heterocycles. The standard InChI is InChI=1S/C25H37NO5/c1-5-7-8-10-18(3)23-26-22(19(4)31-23)16-29-20-11-9-12-21(15-20)30-17-25(13-14-25)24(27)28-6-2/h7-8,10,20-21H,5-6,9,11-17H2,1-4H3/b8-7-,18-10+. The van der Waals surface area contributed by atoms with Gasteiger partial charge in [-0.15, -0.1) is 0 Å². The van der Waals surface area contributed by atoms with E-state index in [9.17, 15) is 4.79 Å². The molecular weight excluding hydrogens is 394 g/mol. The number of ether oxygens (including phenoxy) is 3. The maximum atomic E-state index is 12.1. The second kappa shape index (κ2) is 11.1. The molecule has 31 heavy (non-hydrogen) atoms. The molecule has 6 heteroatoms. The molecule has 1 aromatic heterocycles. The zero-order chi connectivity index (χ0) is 22.3. The quantitative estimate of drug-likeness (QED) is 0.338. The van der Waals surface area contributed by atoms with E-state index in [0.717, 1.165) is 62.0 Å². The molecule has 1 heterocycles. The van der Waals surface area contributed by atoms with Crippen molar-refractivity contribution in [2.75, 3.05) is 13.2 Å². The summed E-state index contributed by atoms with van der Waals surface area (Å²) in [5.41, 5.74) is 1.46. The molecule has 3 rings (SSSR count). The number of aryl methyl sites for hydroxylation is 1. The lowest BCUT2D eigenvalue weighted by molar-refractivity contribution is -0.154. The Balaban J connectivity index is 1.47. The van der Waals surface area contributed by atoms with Gasteiger partial charge in [-0.3, -0.25) is 4.79 Å². The number of carbonyl (C=O) groups excluding carboxylic acids is 1. The Hall–Kier alpha value is -1.92. The van der Waals surface area contributed by atoms with Crippen molar-refractivity contribution < 1.29 is 23.4 Å². The first kappa shape index (κ1) is 23.7. The normalized spacial score (nSPS) is 23.3. The van der Waals surface area contributed by atoms with Crippen molar-refractivity contribution in [3.05, 3.63) is 35.6 Å². The highest BCUT2D eigenvalue weighted by Crippen LogP contribution is 2.47. The monoisotopic (exact) mass is 431 g/mol. The van der Waals surface area contributed by atoms with Crippen molar-refractivity contribution in [2.24, 2.45) is 5.41 Å². The summed E-state index contributed by atoms with van der Waals surface area (Å²) in [6, 6.07) is 0. The molecule has 2 atom stereocenters. The predicted octanol–water partition coefficient (Wildman–Crippen LogP) is 5.54. The van der Waals surface area contributed by atoms with Crippen LogP contribution in [0, 0.1) is 12.3 Å². The molecule has 2 aliphatic rings. The van der Waals surface area contributed by atoms with Crippen LogP contribution in [0.4, 0.5) is 0 Å². The van der Waals surface area contributed by atoms with Gasteiger partial charge >= 0.3 is 5.97 Å². The first-order valence-electron chi connectivity index (χ1n) is 11.7. The number of rotatable bonds is 11. The van der Waals surface area contributed by atoms with Gasteiger partial charge in [-0.1, -0.05) is 25.2 Å². The number of hydrogen-bond acceptors (Lipinski definition) is 6. The molecular formula is C25H37NO5. The maximum Gasteiger partial charge on any atom is 0.314 e. The third kappa shape index (κ3) is 6.53. The lowest BCUT2D eigenvalue weighted by Crippen LogP contribution is -2.32. The summed E-state index contributed by atoms with van der Waals surface area (Å²) in [4.78, 5) is 16.8. The van der Waals surface area contributed by atoms with Crippen LogP contribution in [-0.4, -0.2) is 36.4 Å². The third-order valence-electron chi connectivity index (χ3n) is 6.14. The van der Waals surface area contributed by atoms with Crippen LogP contribution < -0.4 is 0 Å². The second-order valence-electron chi connectivity index (χ2n) is 8.74. The molecule has 0 amide bonds. The van der Waals surface area contributed by atoms with E-state index in [-0.39, 0.29) is 18.2 Å². The van der Waals surface area contributed by atoms with Gasteiger partial charge < -0.3 is 18.6 Å². The highest BCUT2D eigenvalue weighted by molar-refractivity contribution is 5.80. The SMILES string of the molecule is CC/C=C\C=C(/C)c1nc(COC2CCCC(OCC3(C(=O)OCC)CC3)C2)c(C)o1. The van der Waals surface area contributed by atoms with Crippen LogP contribution in [0.25, 0.3) is 5.57 Å². The lowest BCUT2D eigenvalue weighted by Gasteiger charge is -2.30. The average molecular weight is 432 g/mol. The molecule has 1 aromatic rings. The summed E-state index contributed by atoms with van der Waals surface area (Å²) in [7, 11) is 0. The Morgan fingerprint density at radius 1 is 1.23 bits per heavy atom. The summed E-state index contributed by atoms with van der Waals surface area (Å²) in [5, 5.41) is 0. The van der Waals surface area contributed by atoms with Crippen molar-refractivity contribution in [1.82, 2.24) is 4.98 Å². The Labute approximate surface area is 186 Å². The largest absolute Gasteiger partial charge is 0.465 e. The fourth-order valence-corrected chi connectivity index (χ4v) is 3.87. The minimum absolute atomic E-state index is 0.106. The molecule has 172 valence electrons. The smallest absolute Gasteiger partial charge is 0.314 e. The van der Waals surface area contributed by atoms with Gasteiger partial charge in [0.2, 0.25) is 5.89 Å². The van der Waals surface area contributed by atoms with E-state index in [1.807, 2.05) is 32.9 Å². The van der Waals surface area contributed by atoms with Crippen molar-refractivity contribution in [2.45, 2.75) is 91.5 Å². The summed E-state index contributed by atoms with van der Waals surface area (Å²) >= 11 is 0. The molecule has 0 radical (unpaired) electrons. The van der Waals surface area contributed by atoms with Gasteiger partial charge in [0.25, 0.3) is 0 Å². The Bertz CT molecular complexity index is 790. The third-order valence-corrected chi connectivity index (χ3v) is 6.14. The molecule has 6 nitrogen and oxygen atoms in total. The number of esters is 1. The van der Waals surface area contributed by atoms with Gasteiger partial charge in [-0.05, 0) is 65.7 Å². The Morgan fingerprint density at radius 3 is 2.65 bits per heavy atom. The van der Waals surface area contributed by atoms with E-state index in [4.69, 9.17) is 18.6 Å². The topological polar surface area (TPSA) is 70.8 Å². The second-order valence-corrected chi connectivity index (χ2v) is 8.74. The summed E-state index contributed by atoms with van der Waals surface area (Å²) < 4.78 is 23.4. The molecule has 0 saturated heterocycles. The lowest BCUT2D eigenvalue weighted by atomic mass is 9.94. The number of nitrogens with zero attached hydrogens (tertiary/aromatic N) is 1. The fourth-order valence-electron chi connectivity index (χ4n) is 3.87. The predicted molar refractivity (Wildman–Crippen MR) is 119 cm³/mol. The summed E-state index contributed by atoms with van der Waals surface area (Å²) in [6.45, 7) is 9.22. The average Bonchev–Trinajstić information content (AvgIpc) is 3.47. The zero-order valence-corrected chi connectivity index (χ0v) is 19.4. The van der Waals surface area contributed by atoms with E-state index in [1.54, 1.807) is 0 Å². The van der Waals surface area contributed by atoms with E-state index in [2.05, 4.69) is 18.0 Å². The van der Waals surface area contributed by atoms with Gasteiger partial charge in [0.1, 0.15) is 11.5 Å². The van der Waals surface area contributed by atoms with E-state index < -0.39 is 5.41 Å². The van der Waals surface area contributed by atoms with Crippen LogP contribution in [0.2, 0.25) is 0 Å². The molecule has 2 saturated carbocycles. The Kier molecular flexibility index (Phi) is 8.50. The summed E-state index contributed by atoms with van der Waals surface area (Å²) in [5.74, 6) is 1.34. The molecule has 2 aliphatic carbocycles. The minimum atomic E-state index is -0.393. The highest BCUT2D eigenvalue weighted by Gasteiger charge is 2.52. The highest BCUT2D eigenvalue weighted by atomic mass is 16.5. The first-order valence-corrected chi connectivity index (χ1v) is 11.7. The van der Waals surface area contributed by atoms with Gasteiger partial charge in [0.05, 0.1) is 37.4 Å². The minimum Gasteiger partial charge on any atom is -0.465 e. The first-order chi connectivity index (χ1) is 15.0. The van der Waals surface area contributed by atoms with Gasteiger partial charge in [-0.2, -0.15) is 0 Å². The van der Waals surface area contributed by atoms with Gasteiger partial charge in [0.15, 0.2) is 0 Å². The van der Waals surface area contributed by atoms with Crippen LogP contribution in [0.1, 0.15) is 83.1 Å². The molecule has 0 bridgehead atoms. The van der Waals surface area contributed by atoms with E-state index in [0.29, 0.717) is 25.7 Å². The van der Waals surface area contributed by atoms with Crippen molar-refractivity contribution in [1.29, 1.82) is 0 Å². The fraction of sp³-hybridized carbons (Fsp3) is 0.680. The van der Waals surface area contributed by atoms with E-state index >= 15 is 0 Å². The molecule has 0 N–H and O–H groups in total. The van der Waals surface area contributed by atoms with E-state index in [1.165, 1.54) is 0 Å². The van der Waals surface area contributed by atoms with Crippen molar-refractivity contribution in [3.63, 3.8) is 0 Å². The van der Waals surface area contributed by atoms with Crippen LogP contribution in [-0.2, 0) is 25.6 Å². The zero-order valence-electron chi connectivity index (χ0n) is 19.4. The van der Waals surface area contributed by atoms with Crippen molar-refractivity contribution >= 4 is 11.5 Å². The molecule has 0 spiro atoms. The van der Waals surface area contributed by atoms with Crippen LogP contribution in [0.3, 0.4) is 0 Å². The number of carbonyl (C=O) groups is 1. The Morgan fingerprint density at radius 2 is 1.97 bits per heavy atom. The number of hydrogen-bond donors (Lipinski definition) is 0.